The number of rotatable bonds is 12. The fourth-order valence-electron chi connectivity index (χ4n) is 7.85. The number of likely N-dealkylation sites (N-methyl/N-ethyl adjacent to an activating group) is 2. The second kappa shape index (κ2) is 21.3. The van der Waals surface area contributed by atoms with Crippen LogP contribution in [0.15, 0.2) is 60.4 Å². The van der Waals surface area contributed by atoms with Crippen LogP contribution in [0.4, 0.5) is 29.0 Å². The number of hydrogen-bond donors (Lipinski definition) is 1. The first-order chi connectivity index (χ1) is 26.4. The lowest BCUT2D eigenvalue weighted by Crippen LogP contribution is -2.49. The van der Waals surface area contributed by atoms with Gasteiger partial charge in [-0.25, -0.2) is 9.97 Å². The van der Waals surface area contributed by atoms with Crippen molar-refractivity contribution in [3.63, 3.8) is 0 Å². The van der Waals surface area contributed by atoms with Gasteiger partial charge in [0.15, 0.2) is 0 Å². The summed E-state index contributed by atoms with van der Waals surface area (Å²) in [6, 6.07) is 16.5. The molecule has 55 heavy (non-hydrogen) atoms. The van der Waals surface area contributed by atoms with Crippen molar-refractivity contribution in [2.24, 2.45) is 5.92 Å². The number of pyridine rings is 1. The molecule has 2 saturated heterocycles. The van der Waals surface area contributed by atoms with Crippen molar-refractivity contribution in [3.8, 4) is 0 Å². The lowest BCUT2D eigenvalue weighted by molar-refractivity contribution is 0.130. The molecule has 0 radical (unpaired) electrons. The van der Waals surface area contributed by atoms with Gasteiger partial charge in [-0.15, -0.1) is 0 Å². The van der Waals surface area contributed by atoms with Gasteiger partial charge in [0.05, 0.1) is 12.0 Å². The van der Waals surface area contributed by atoms with Crippen molar-refractivity contribution in [1.29, 1.82) is 0 Å². The Morgan fingerprint density at radius 3 is 2.40 bits per heavy atom. The number of nitrogens with one attached hydrogen (secondary N) is 1. The van der Waals surface area contributed by atoms with Gasteiger partial charge in [-0.1, -0.05) is 47.8 Å². The van der Waals surface area contributed by atoms with E-state index in [4.69, 9.17) is 19.7 Å². The van der Waals surface area contributed by atoms with Crippen molar-refractivity contribution < 1.29 is 4.74 Å². The van der Waals surface area contributed by atoms with Crippen molar-refractivity contribution >= 4 is 42.3 Å². The summed E-state index contributed by atoms with van der Waals surface area (Å²) < 4.78 is 5.73. The summed E-state index contributed by atoms with van der Waals surface area (Å²) in [4.78, 5) is 27.0. The highest BCUT2D eigenvalue weighted by Crippen LogP contribution is 2.46. The van der Waals surface area contributed by atoms with Gasteiger partial charge in [0, 0.05) is 92.7 Å². The Hall–Kier alpha value is -3.30. The molecule has 10 nitrogen and oxygen atoms in total. The first-order valence-electron chi connectivity index (χ1n) is 20.6. The molecule has 11 heteroatoms. The van der Waals surface area contributed by atoms with Crippen LogP contribution in [0.25, 0.3) is 0 Å². The number of hydrogen-bond acceptors (Lipinski definition) is 10. The summed E-state index contributed by atoms with van der Waals surface area (Å²) >= 11 is 0. The van der Waals surface area contributed by atoms with E-state index in [1.54, 1.807) is 7.11 Å². The highest BCUT2D eigenvalue weighted by Gasteiger charge is 2.42. The maximum atomic E-state index is 5.73. The number of piperazine rings is 1. The molecule has 1 unspecified atom stereocenters. The average molecular weight is 774 g/mol. The van der Waals surface area contributed by atoms with Crippen molar-refractivity contribution in [3.05, 3.63) is 66.0 Å². The molecule has 3 aliphatic heterocycles. The number of nitrogens with zero attached hydrogens (tertiary/aromatic N) is 8. The minimum atomic E-state index is -0.309. The third-order valence-corrected chi connectivity index (χ3v) is 12.2. The molecule has 2 fully saturated rings. The fraction of sp³-hybridized carbons (Fsp3) is 0.614. The number of ether oxygens (including phenoxy) is 1. The minimum absolute atomic E-state index is 0.177. The van der Waals surface area contributed by atoms with E-state index < -0.39 is 0 Å². The van der Waals surface area contributed by atoms with Crippen LogP contribution in [0, 0.1) is 5.92 Å². The van der Waals surface area contributed by atoms with E-state index in [-0.39, 0.29) is 19.9 Å². The first kappa shape index (κ1) is 44.4. The van der Waals surface area contributed by atoms with E-state index in [0.29, 0.717) is 30.6 Å². The molecule has 6 rings (SSSR count). The Morgan fingerprint density at radius 1 is 1.05 bits per heavy atom. The molecule has 0 aliphatic carbocycles. The van der Waals surface area contributed by atoms with Crippen LogP contribution in [0.3, 0.4) is 0 Å². The molecular formula is C44H72N9OP. The molecule has 5 heterocycles. The predicted molar refractivity (Wildman–Crippen MR) is 238 cm³/mol. The van der Waals surface area contributed by atoms with Crippen LogP contribution in [-0.2, 0) is 4.74 Å². The number of methoxy groups -OCH3 is 1. The van der Waals surface area contributed by atoms with Crippen molar-refractivity contribution in [2.75, 3.05) is 96.0 Å². The van der Waals surface area contributed by atoms with Gasteiger partial charge >= 0.3 is 0 Å². The van der Waals surface area contributed by atoms with Crippen LogP contribution >= 0.6 is 7.92 Å². The number of aromatic nitrogens is 3. The average Bonchev–Trinajstić information content (AvgIpc) is 3.75. The molecular weight excluding hydrogens is 702 g/mol. The first-order valence-corrected chi connectivity index (χ1v) is 22.8. The number of benzene rings is 1. The van der Waals surface area contributed by atoms with Gasteiger partial charge in [-0.2, -0.15) is 4.98 Å². The van der Waals surface area contributed by atoms with Crippen LogP contribution in [-0.4, -0.2) is 129 Å². The fourth-order valence-corrected chi connectivity index (χ4v) is 8.54. The second-order valence-corrected chi connectivity index (χ2v) is 18.2. The molecule has 3 aliphatic rings. The van der Waals surface area contributed by atoms with Gasteiger partial charge in [-0.3, -0.25) is 0 Å². The van der Waals surface area contributed by atoms with Crippen molar-refractivity contribution in [2.45, 2.75) is 91.8 Å². The van der Waals surface area contributed by atoms with E-state index in [1.807, 2.05) is 20.0 Å². The Bertz CT molecular complexity index is 1630. The summed E-state index contributed by atoms with van der Waals surface area (Å²) in [7, 11) is 7.98. The Labute approximate surface area is 335 Å². The van der Waals surface area contributed by atoms with Crippen LogP contribution in [0.2, 0.25) is 0 Å². The zero-order valence-electron chi connectivity index (χ0n) is 36.4. The summed E-state index contributed by atoms with van der Waals surface area (Å²) in [6.07, 6.45) is 7.69. The third-order valence-electron chi connectivity index (χ3n) is 11.0. The van der Waals surface area contributed by atoms with Gasteiger partial charge in [0.1, 0.15) is 11.6 Å². The lowest BCUT2D eigenvalue weighted by Gasteiger charge is -2.39. The quantitative estimate of drug-likeness (QED) is 0.182. The van der Waals surface area contributed by atoms with E-state index in [1.165, 1.54) is 43.9 Å². The number of anilines is 5. The van der Waals surface area contributed by atoms with Crippen LogP contribution < -0.4 is 20.6 Å². The summed E-state index contributed by atoms with van der Waals surface area (Å²) in [5.74, 6) is 3.17. The molecule has 304 valence electrons. The molecule has 2 aromatic heterocycles. The maximum Gasteiger partial charge on any atom is 0.229 e. The molecule has 0 spiro atoms. The van der Waals surface area contributed by atoms with E-state index in [0.717, 1.165) is 47.8 Å². The SMILES string of the molecule is C/C=C(\C)N1CCN(C)[C@@H](C)C1.CC.COCC1c2cnc(Nc3ccc(N4CCC[C@@H]4CN(C)C)cc3)nc2N(c2cccc(P(C)C)n2)[C@@H]1CC(C)C. The topological polar surface area (TPSA) is 76.1 Å². The molecule has 1 N–H and O–H groups in total. The van der Waals surface area contributed by atoms with Crippen molar-refractivity contribution in [1.82, 2.24) is 29.7 Å². The third kappa shape index (κ3) is 11.6. The van der Waals surface area contributed by atoms with E-state index in [2.05, 4.69) is 147 Å². The molecule has 0 amide bonds. The maximum absolute atomic E-state index is 5.73. The molecule has 0 bridgehead atoms. The summed E-state index contributed by atoms with van der Waals surface area (Å²) in [6.45, 7) is 26.0. The second-order valence-electron chi connectivity index (χ2n) is 16.0. The zero-order valence-corrected chi connectivity index (χ0v) is 37.3. The monoisotopic (exact) mass is 774 g/mol. The van der Waals surface area contributed by atoms with E-state index in [9.17, 15) is 0 Å². The highest BCUT2D eigenvalue weighted by molar-refractivity contribution is 7.63. The standard InChI is InChI=1S/C32H46N7OP.C10H20N2.C2H6/c1-22(2)18-28-27(21-40-5)26-19-33-32(36-31(26)39(28)29-11-8-12-30(35-29)41(6)7)34-23-13-15-24(16-14-23)38-17-9-10-25(38)20-37(3)4;1-5-9(2)12-7-6-11(4)10(3)8-12;1-2/h8,11-16,19,22,25,27-28H,9-10,17-18,20-21H2,1-7H3,(H,33,34,36);5,10H,6-8H2,1-4H3;1-2H3/b;9-5+;/t25-,27?,28-;10-;/m10./s1. The summed E-state index contributed by atoms with van der Waals surface area (Å²) in [5, 5.41) is 3.47. The molecule has 0 saturated carbocycles. The van der Waals surface area contributed by atoms with Crippen LogP contribution in [0.5, 0.6) is 0 Å². The van der Waals surface area contributed by atoms with Gasteiger partial charge in [0.2, 0.25) is 5.95 Å². The number of allylic oxidation sites excluding steroid dienone is 2. The zero-order chi connectivity index (χ0) is 40.2. The van der Waals surface area contributed by atoms with E-state index >= 15 is 0 Å². The normalized spacial score (nSPS) is 21.5. The largest absolute Gasteiger partial charge is 0.384 e. The molecule has 4 atom stereocenters. The van der Waals surface area contributed by atoms with Gasteiger partial charge < -0.3 is 34.6 Å². The van der Waals surface area contributed by atoms with Gasteiger partial charge in [0.25, 0.3) is 0 Å². The Morgan fingerprint density at radius 2 is 1.78 bits per heavy atom. The molecule has 3 aromatic rings. The Kier molecular flexibility index (Phi) is 17.2. The summed E-state index contributed by atoms with van der Waals surface area (Å²) in [5.41, 5.74) is 5.95. The highest BCUT2D eigenvalue weighted by atomic mass is 31.1. The smallest absolute Gasteiger partial charge is 0.229 e. The lowest BCUT2D eigenvalue weighted by atomic mass is 9.91. The Balaban J connectivity index is 0.000000407. The van der Waals surface area contributed by atoms with Gasteiger partial charge in [-0.05, 0) is 117 Å². The number of fused-ring (bicyclic) bond motifs is 1. The molecule has 1 aromatic carbocycles. The predicted octanol–water partition coefficient (Wildman–Crippen LogP) is 8.38. The van der Waals surface area contributed by atoms with Crippen LogP contribution in [0.1, 0.15) is 79.2 Å². The minimum Gasteiger partial charge on any atom is -0.384 e.